The lowest BCUT2D eigenvalue weighted by molar-refractivity contribution is -0.152. The molecule has 3 heterocycles. The van der Waals surface area contributed by atoms with Gasteiger partial charge in [-0.15, -0.1) is 23.1 Å². The summed E-state index contributed by atoms with van der Waals surface area (Å²) in [5.41, 5.74) is 7.39. The number of nitrogens with two attached hydrogens (primary N) is 1. The lowest BCUT2D eigenvalue weighted by Gasteiger charge is -2.48. The Labute approximate surface area is 214 Å². The lowest BCUT2D eigenvalue weighted by atomic mass is 10.0. The normalized spacial score (nSPS) is 19.7. The molecule has 2 atom stereocenters. The molecule has 4 rings (SSSR count). The molecule has 36 heavy (non-hydrogen) atoms. The molecule has 2 aliphatic heterocycles. The smallest absolute Gasteiger partial charge is 0.355 e. The number of oxime groups is 1. The zero-order valence-corrected chi connectivity index (χ0v) is 20.9. The van der Waals surface area contributed by atoms with Crippen molar-refractivity contribution in [2.75, 3.05) is 25.2 Å². The zero-order valence-electron chi connectivity index (χ0n) is 19.3. The molecule has 2 aromatic rings. The van der Waals surface area contributed by atoms with E-state index in [1.54, 1.807) is 36.6 Å². The molecule has 1 aromatic carbocycles. The summed E-state index contributed by atoms with van der Waals surface area (Å²) >= 11 is 2.54. The molecule has 10 nitrogen and oxygen atoms in total. The average molecular weight is 532 g/mol. The highest BCUT2D eigenvalue weighted by molar-refractivity contribution is 8.00. The van der Waals surface area contributed by atoms with Gasteiger partial charge in [-0.3, -0.25) is 14.5 Å². The molecule has 1 fully saturated rings. The molecule has 0 radical (unpaired) electrons. The van der Waals surface area contributed by atoms with Gasteiger partial charge in [0.15, 0.2) is 10.8 Å². The summed E-state index contributed by atoms with van der Waals surface area (Å²) in [7, 11) is 1.29. The topological polar surface area (TPSA) is 136 Å². The fourth-order valence-corrected chi connectivity index (χ4v) is 5.31. The summed E-state index contributed by atoms with van der Waals surface area (Å²) in [4.78, 5) is 48.5. The minimum atomic E-state index is -0.864. The van der Waals surface area contributed by atoms with Crippen molar-refractivity contribution in [1.82, 2.24) is 15.2 Å². The Morgan fingerprint density at radius 3 is 2.78 bits per heavy atom. The minimum Gasteiger partial charge on any atom is -0.457 e. The maximum Gasteiger partial charge on any atom is 0.355 e. The van der Waals surface area contributed by atoms with Crippen molar-refractivity contribution in [3.63, 3.8) is 0 Å². The monoisotopic (exact) mass is 531 g/mol. The number of β-lactam (4-membered cyclic amide) rings is 1. The maximum absolute atomic E-state index is 13.1. The van der Waals surface area contributed by atoms with Crippen molar-refractivity contribution in [1.29, 1.82) is 0 Å². The number of ether oxygens (including phenoxy) is 1. The highest BCUT2D eigenvalue weighted by atomic mass is 32.2. The molecule has 3 N–H and O–H groups in total. The first kappa shape index (κ1) is 25.4. The summed E-state index contributed by atoms with van der Waals surface area (Å²) in [6, 6.07) is 5.06. The van der Waals surface area contributed by atoms with E-state index in [1.165, 1.54) is 35.9 Å². The van der Waals surface area contributed by atoms with Crippen LogP contribution >= 0.6 is 23.1 Å². The number of anilines is 1. The van der Waals surface area contributed by atoms with Gasteiger partial charge in [0, 0.05) is 11.1 Å². The third-order valence-electron chi connectivity index (χ3n) is 5.22. The zero-order chi connectivity index (χ0) is 25.8. The predicted octanol–water partition coefficient (Wildman–Crippen LogP) is 2.15. The van der Waals surface area contributed by atoms with Crippen molar-refractivity contribution >= 4 is 57.8 Å². The first-order valence-corrected chi connectivity index (χ1v) is 12.6. The molecule has 1 unspecified atom stereocenters. The van der Waals surface area contributed by atoms with Crippen LogP contribution < -0.4 is 11.1 Å². The van der Waals surface area contributed by atoms with Gasteiger partial charge in [-0.25, -0.2) is 14.2 Å². The molecule has 188 valence electrons. The minimum absolute atomic E-state index is 0.00116. The highest BCUT2D eigenvalue weighted by Crippen LogP contribution is 2.38. The van der Waals surface area contributed by atoms with E-state index in [0.717, 1.165) is 22.5 Å². The third-order valence-corrected chi connectivity index (χ3v) is 7.08. The van der Waals surface area contributed by atoms with E-state index >= 15 is 0 Å². The van der Waals surface area contributed by atoms with Crippen LogP contribution in [0.5, 0.6) is 0 Å². The van der Waals surface area contributed by atoms with E-state index in [-0.39, 0.29) is 34.7 Å². The number of nitrogens with one attached hydrogen (secondary N) is 1. The first-order chi connectivity index (χ1) is 17.3. The van der Waals surface area contributed by atoms with E-state index in [1.807, 2.05) is 0 Å². The number of rotatable bonds is 8. The Morgan fingerprint density at radius 1 is 1.36 bits per heavy atom. The number of nitrogens with zero attached hydrogens (tertiary/aromatic N) is 3. The molecule has 13 heteroatoms. The summed E-state index contributed by atoms with van der Waals surface area (Å²) in [5.74, 6) is -1.63. The van der Waals surface area contributed by atoms with Gasteiger partial charge >= 0.3 is 5.97 Å². The molecule has 0 bridgehead atoms. The second-order valence-corrected chi connectivity index (χ2v) is 9.82. The van der Waals surface area contributed by atoms with Gasteiger partial charge in [0.05, 0.1) is 0 Å². The van der Waals surface area contributed by atoms with Crippen molar-refractivity contribution in [3.05, 3.63) is 64.1 Å². The third kappa shape index (κ3) is 5.41. The second-order valence-electron chi connectivity index (χ2n) is 7.78. The Kier molecular flexibility index (Phi) is 7.70. The lowest BCUT2D eigenvalue weighted by Crippen LogP contribution is -2.70. The van der Waals surface area contributed by atoms with Crippen LogP contribution in [0, 0.1) is 5.82 Å². The van der Waals surface area contributed by atoms with Crippen LogP contribution in [-0.4, -0.2) is 64.3 Å². The molecule has 1 saturated heterocycles. The van der Waals surface area contributed by atoms with Gasteiger partial charge in [-0.05, 0) is 36.3 Å². The maximum atomic E-state index is 13.1. The van der Waals surface area contributed by atoms with Crippen LogP contribution in [-0.2, 0) is 24.0 Å². The number of carbonyl (C=O) groups excluding carboxylic acids is 3. The Hall–Kier alpha value is -3.71. The van der Waals surface area contributed by atoms with Crippen molar-refractivity contribution in [2.24, 2.45) is 5.16 Å². The Bertz CT molecular complexity index is 1270. The fraction of sp³-hybridized carbons (Fsp3) is 0.261. The summed E-state index contributed by atoms with van der Waals surface area (Å²) < 4.78 is 18.5. The summed E-state index contributed by atoms with van der Waals surface area (Å²) in [6.07, 6.45) is 3.39. The number of hydrogen-bond donors (Lipinski definition) is 2. The Balaban J connectivity index is 1.37. The van der Waals surface area contributed by atoms with E-state index < -0.39 is 29.2 Å². The van der Waals surface area contributed by atoms with E-state index in [2.05, 4.69) is 15.5 Å². The van der Waals surface area contributed by atoms with Crippen molar-refractivity contribution in [2.45, 2.75) is 18.3 Å². The van der Waals surface area contributed by atoms with Gasteiger partial charge in [0.1, 0.15) is 42.3 Å². The molecular weight excluding hydrogens is 509 g/mol. The van der Waals surface area contributed by atoms with Gasteiger partial charge in [0.2, 0.25) is 0 Å². The predicted molar refractivity (Wildman–Crippen MR) is 134 cm³/mol. The van der Waals surface area contributed by atoms with Crippen LogP contribution in [0.1, 0.15) is 18.2 Å². The van der Waals surface area contributed by atoms with E-state index in [9.17, 15) is 18.8 Å². The van der Waals surface area contributed by atoms with Gasteiger partial charge in [0.25, 0.3) is 11.8 Å². The number of benzene rings is 1. The summed E-state index contributed by atoms with van der Waals surface area (Å²) in [6.45, 7) is 1.78. The number of aromatic nitrogens is 1. The van der Waals surface area contributed by atoms with Gasteiger partial charge in [-0.1, -0.05) is 23.4 Å². The second kappa shape index (κ2) is 10.9. The van der Waals surface area contributed by atoms with Crippen molar-refractivity contribution < 1.29 is 28.3 Å². The number of thioether (sulfide) groups is 1. The summed E-state index contributed by atoms with van der Waals surface area (Å²) in [5, 5.41) is 7.70. The largest absolute Gasteiger partial charge is 0.457 e. The van der Waals surface area contributed by atoms with Crippen LogP contribution in [0.25, 0.3) is 6.08 Å². The highest BCUT2D eigenvalue weighted by Gasteiger charge is 2.53. The molecule has 0 aliphatic carbocycles. The average Bonchev–Trinajstić information content (AvgIpc) is 3.30. The number of esters is 1. The molecule has 1 aromatic heterocycles. The molecule has 0 saturated carbocycles. The first-order valence-electron chi connectivity index (χ1n) is 10.7. The number of nitrogen functional groups attached to an aromatic ring is 1. The molecule has 0 spiro atoms. The molecular formula is C23H22FN5O5S2. The fourth-order valence-electron chi connectivity index (χ4n) is 3.57. The number of amides is 2. The van der Waals surface area contributed by atoms with Gasteiger partial charge in [-0.2, -0.15) is 0 Å². The van der Waals surface area contributed by atoms with Crippen molar-refractivity contribution in [3.8, 4) is 0 Å². The number of hydrogen-bond acceptors (Lipinski definition) is 10. The Morgan fingerprint density at radius 2 is 2.11 bits per heavy atom. The molecule has 2 amide bonds. The number of carbonyl (C=O) groups is 3. The molecule has 2 aliphatic rings. The standard InChI is InChI=1S/C23H22FN5O5S2/c1-12(9-13-3-5-14(24)6-4-13)10-34-22(32)16-7-8-35-21-18(20(31)29(16)21)27-19(30)17(28-33-2)15-11-36-23(25)26-15/h3-7,9,11,18,21H,8,10H2,1-2H3,(H2,25,26)(H,27,30)/b12-9+,28-17-/t18?,21-/m1/s1. The van der Waals surface area contributed by atoms with E-state index in [0.29, 0.717) is 5.75 Å². The number of thiazole rings is 1. The quantitative estimate of drug-likeness (QED) is 0.229. The van der Waals surface area contributed by atoms with Crippen LogP contribution in [0.3, 0.4) is 0 Å². The van der Waals surface area contributed by atoms with Crippen LogP contribution in [0.2, 0.25) is 0 Å². The van der Waals surface area contributed by atoms with Crippen LogP contribution in [0.4, 0.5) is 9.52 Å². The van der Waals surface area contributed by atoms with E-state index in [4.69, 9.17) is 15.3 Å². The SMILES string of the molecule is CO/N=C(\C(=O)NC1C(=O)N2C(C(=O)OC/C(C)=C/c3ccc(F)cc3)=CCS[C@H]12)c1csc(N)n1. The number of fused-ring (bicyclic) bond motifs is 1. The number of halogens is 1. The van der Waals surface area contributed by atoms with Crippen LogP contribution in [0.15, 0.2) is 52.1 Å². The van der Waals surface area contributed by atoms with Gasteiger partial charge < -0.3 is 20.6 Å².